The van der Waals surface area contributed by atoms with Gasteiger partial charge in [0.15, 0.2) is 0 Å². The first-order valence-electron chi connectivity index (χ1n) is 8.49. The predicted octanol–water partition coefficient (Wildman–Crippen LogP) is 2.82. The normalized spacial score (nSPS) is 19.9. The number of hydrogen-bond donors (Lipinski definition) is 2. The lowest BCUT2D eigenvalue weighted by Crippen LogP contribution is -2.29. The third-order valence-corrected chi connectivity index (χ3v) is 4.83. The molecule has 1 aromatic rings. The van der Waals surface area contributed by atoms with Crippen LogP contribution in [-0.4, -0.2) is 49.7 Å². The second-order valence-corrected chi connectivity index (χ2v) is 6.49. The van der Waals surface area contributed by atoms with Gasteiger partial charge in [-0.3, -0.25) is 0 Å². The number of anilines is 1. The lowest BCUT2D eigenvalue weighted by Gasteiger charge is -2.28. The summed E-state index contributed by atoms with van der Waals surface area (Å²) in [6.45, 7) is 10.7. The Kier molecular flexibility index (Phi) is 5.27. The Bertz CT molecular complexity index is 608. The summed E-state index contributed by atoms with van der Waals surface area (Å²) >= 11 is 0. The van der Waals surface area contributed by atoms with Crippen molar-refractivity contribution >= 4 is 11.5 Å². The van der Waals surface area contributed by atoms with Gasteiger partial charge in [0, 0.05) is 19.3 Å². The molecular weight excluding hydrogens is 286 g/mol. The Hall–Kier alpha value is -1.90. The molecule has 3 heterocycles. The minimum absolute atomic E-state index is 0.521. The van der Waals surface area contributed by atoms with E-state index in [-0.39, 0.29) is 0 Å². The maximum absolute atomic E-state index is 5.70. The topological polar surface area (TPSA) is 44.6 Å². The molecule has 0 aliphatic carbocycles. The molecule has 23 heavy (non-hydrogen) atoms. The van der Waals surface area contributed by atoms with Gasteiger partial charge in [-0.25, -0.2) is 4.98 Å². The Labute approximate surface area is 138 Å². The molecule has 5 heteroatoms. The number of pyridine rings is 1. The maximum atomic E-state index is 5.70. The van der Waals surface area contributed by atoms with Crippen LogP contribution in [0.1, 0.15) is 30.7 Å². The van der Waals surface area contributed by atoms with E-state index in [1.54, 1.807) is 0 Å². The van der Waals surface area contributed by atoms with Crippen LogP contribution in [0.5, 0.6) is 0 Å². The van der Waals surface area contributed by atoms with Gasteiger partial charge in [-0.15, -0.1) is 0 Å². The number of nitrogens with zero attached hydrogens (tertiary/aromatic N) is 3. The zero-order chi connectivity index (χ0) is 16.1. The van der Waals surface area contributed by atoms with Crippen molar-refractivity contribution in [1.82, 2.24) is 15.2 Å². The van der Waals surface area contributed by atoms with Crippen LogP contribution in [0, 0.1) is 6.57 Å². The Morgan fingerprint density at radius 1 is 1.43 bits per heavy atom. The fraction of sp³-hybridized carbons (Fsp3) is 0.556. The summed E-state index contributed by atoms with van der Waals surface area (Å²) in [7, 11) is 2.18. The lowest BCUT2D eigenvalue weighted by molar-refractivity contribution is 0.255. The van der Waals surface area contributed by atoms with Gasteiger partial charge in [0.05, 0.1) is 5.56 Å². The molecule has 2 aliphatic heterocycles. The standard InChI is InChI=1S/C18H26N5/c1-19-17-16(15-6-10-23(2)11-7-15)5-9-21-18(17)22-13-14-4-3-8-20-12-14/h1,4-5,9,15,20H,3,6-8,10-13H2,2H3,(H,21,22)/q+1. The molecule has 2 N–H and O–H groups in total. The average Bonchev–Trinajstić information content (AvgIpc) is 2.61. The molecule has 0 aromatic carbocycles. The Morgan fingerprint density at radius 2 is 2.26 bits per heavy atom. The fourth-order valence-electron chi connectivity index (χ4n) is 3.41. The molecule has 0 bridgehead atoms. The Balaban J connectivity index is 1.74. The van der Waals surface area contributed by atoms with Crippen LogP contribution < -0.4 is 10.6 Å². The van der Waals surface area contributed by atoms with E-state index in [4.69, 9.17) is 6.57 Å². The highest BCUT2D eigenvalue weighted by atomic mass is 15.1. The molecule has 1 fully saturated rings. The van der Waals surface area contributed by atoms with Crippen molar-refractivity contribution in [1.29, 1.82) is 0 Å². The molecular formula is C18H26N5+. The van der Waals surface area contributed by atoms with Crippen molar-refractivity contribution in [3.8, 4) is 6.57 Å². The monoisotopic (exact) mass is 312 g/mol. The largest absolute Gasteiger partial charge is 0.385 e. The number of aromatic nitrogens is 1. The fourth-order valence-corrected chi connectivity index (χ4v) is 3.41. The van der Waals surface area contributed by atoms with Crippen LogP contribution in [-0.2, 0) is 0 Å². The Morgan fingerprint density at radius 3 is 2.96 bits per heavy atom. The van der Waals surface area contributed by atoms with E-state index >= 15 is 0 Å². The van der Waals surface area contributed by atoms with Crippen molar-refractivity contribution in [3.63, 3.8) is 0 Å². The zero-order valence-corrected chi connectivity index (χ0v) is 13.9. The minimum Gasteiger partial charge on any atom is -0.360 e. The van der Waals surface area contributed by atoms with E-state index in [9.17, 15) is 0 Å². The quantitative estimate of drug-likeness (QED) is 0.839. The van der Waals surface area contributed by atoms with E-state index in [0.717, 1.165) is 63.5 Å². The number of nitrogens with one attached hydrogen (secondary N) is 2. The zero-order valence-electron chi connectivity index (χ0n) is 13.9. The van der Waals surface area contributed by atoms with Crippen molar-refractivity contribution in [2.24, 2.45) is 0 Å². The van der Waals surface area contributed by atoms with Gasteiger partial charge in [-0.1, -0.05) is 6.08 Å². The number of piperidine rings is 1. The van der Waals surface area contributed by atoms with Crippen LogP contribution in [0.4, 0.5) is 11.5 Å². The van der Waals surface area contributed by atoms with Gasteiger partial charge >= 0.3 is 5.69 Å². The summed E-state index contributed by atoms with van der Waals surface area (Å²) in [5, 5.41) is 6.80. The molecule has 5 nitrogen and oxygen atoms in total. The van der Waals surface area contributed by atoms with E-state index in [2.05, 4.69) is 44.6 Å². The van der Waals surface area contributed by atoms with Gasteiger partial charge < -0.3 is 15.5 Å². The molecule has 0 unspecified atom stereocenters. The second kappa shape index (κ2) is 7.58. The molecule has 1 saturated heterocycles. The van der Waals surface area contributed by atoms with Crippen molar-refractivity contribution in [2.45, 2.75) is 25.2 Å². The van der Waals surface area contributed by atoms with Gasteiger partial charge in [-0.05, 0) is 68.3 Å². The molecule has 122 valence electrons. The first kappa shape index (κ1) is 16.0. The third-order valence-electron chi connectivity index (χ3n) is 4.83. The third kappa shape index (κ3) is 3.90. The maximum Gasteiger partial charge on any atom is 0.385 e. The highest BCUT2D eigenvalue weighted by Gasteiger charge is 2.27. The smallest absolute Gasteiger partial charge is 0.360 e. The van der Waals surface area contributed by atoms with Crippen molar-refractivity contribution < 1.29 is 0 Å². The average molecular weight is 312 g/mol. The molecule has 0 amide bonds. The molecule has 1 aromatic heterocycles. The molecule has 0 spiro atoms. The van der Waals surface area contributed by atoms with E-state index < -0.39 is 0 Å². The number of likely N-dealkylation sites (tertiary alicyclic amines) is 1. The number of rotatable bonds is 4. The van der Waals surface area contributed by atoms with Crippen LogP contribution in [0.3, 0.4) is 0 Å². The molecule has 0 radical (unpaired) electrons. The summed E-state index contributed by atoms with van der Waals surface area (Å²) in [5.74, 6) is 1.32. The van der Waals surface area contributed by atoms with Crippen molar-refractivity contribution in [3.05, 3.63) is 34.3 Å². The second-order valence-electron chi connectivity index (χ2n) is 6.49. The number of hydrogen-bond acceptors (Lipinski definition) is 4. The van der Waals surface area contributed by atoms with E-state index in [0.29, 0.717) is 5.92 Å². The van der Waals surface area contributed by atoms with Gasteiger partial charge in [-0.2, -0.15) is 0 Å². The highest BCUT2D eigenvalue weighted by molar-refractivity contribution is 5.71. The first-order chi connectivity index (χ1) is 11.3. The van der Waals surface area contributed by atoms with Crippen LogP contribution >= 0.6 is 0 Å². The lowest BCUT2D eigenvalue weighted by atomic mass is 9.89. The SMILES string of the molecule is C#[N+]c1c(C2CCN(C)CC2)ccnc1NCC1=CCCNC1. The highest BCUT2D eigenvalue weighted by Crippen LogP contribution is 2.37. The minimum atomic E-state index is 0.521. The van der Waals surface area contributed by atoms with Crippen LogP contribution in [0.2, 0.25) is 0 Å². The van der Waals surface area contributed by atoms with Crippen molar-refractivity contribution in [2.75, 3.05) is 45.1 Å². The summed E-state index contributed by atoms with van der Waals surface area (Å²) < 4.78 is 0. The summed E-state index contributed by atoms with van der Waals surface area (Å²) in [6.07, 6.45) is 7.56. The molecule has 2 aliphatic rings. The predicted molar refractivity (Wildman–Crippen MR) is 95.7 cm³/mol. The molecule has 3 rings (SSSR count). The summed E-state index contributed by atoms with van der Waals surface area (Å²) in [4.78, 5) is 10.9. The van der Waals surface area contributed by atoms with Gasteiger partial charge in [0.25, 0.3) is 6.57 Å². The van der Waals surface area contributed by atoms with E-state index in [1.165, 1.54) is 11.1 Å². The summed E-state index contributed by atoms with van der Waals surface area (Å²) in [6, 6.07) is 2.08. The van der Waals surface area contributed by atoms with Crippen LogP contribution in [0.25, 0.3) is 4.85 Å². The molecule has 0 saturated carbocycles. The summed E-state index contributed by atoms with van der Waals surface area (Å²) in [5.41, 5.74) is 3.42. The van der Waals surface area contributed by atoms with Gasteiger partial charge in [0.2, 0.25) is 5.82 Å². The molecule has 0 atom stereocenters. The van der Waals surface area contributed by atoms with E-state index in [1.807, 2.05) is 6.20 Å². The first-order valence-corrected chi connectivity index (χ1v) is 8.49. The van der Waals surface area contributed by atoms with Crippen LogP contribution in [0.15, 0.2) is 23.9 Å². The van der Waals surface area contributed by atoms with Gasteiger partial charge in [0.1, 0.15) is 0 Å².